The van der Waals surface area contributed by atoms with Crippen LogP contribution in [0.4, 0.5) is 5.69 Å². The number of anilines is 1. The first-order chi connectivity index (χ1) is 19.6. The van der Waals surface area contributed by atoms with Crippen molar-refractivity contribution in [3.8, 4) is 35.4 Å². The second-order valence-electron chi connectivity index (χ2n) is 8.61. The summed E-state index contributed by atoms with van der Waals surface area (Å²) in [6.07, 6.45) is 11.1. The van der Waals surface area contributed by atoms with Crippen LogP contribution in [0.2, 0.25) is 0 Å². The van der Waals surface area contributed by atoms with E-state index in [4.69, 9.17) is 16.4 Å². The number of hydrogen-bond acceptors (Lipinski definition) is 7. The van der Waals surface area contributed by atoms with Crippen molar-refractivity contribution in [3.05, 3.63) is 96.4 Å². The molecule has 4 aromatic rings. The number of nitrogens with zero attached hydrogens (tertiary/aromatic N) is 4. The first-order valence-corrected chi connectivity index (χ1v) is 13.3. The quantitative estimate of drug-likeness (QED) is 0.173. The zero-order valence-electron chi connectivity index (χ0n) is 22.9. The summed E-state index contributed by atoms with van der Waals surface area (Å²) in [7, 11) is 0. The Labute approximate surface area is 240 Å². The van der Waals surface area contributed by atoms with E-state index in [1.54, 1.807) is 18.6 Å². The normalized spacial score (nSPS) is 12.8. The minimum absolute atomic E-state index is 0. The van der Waals surface area contributed by atoms with E-state index in [-0.39, 0.29) is 22.7 Å². The molecular formula is C32H40N6O2. The number of ketones is 1. The third kappa shape index (κ3) is 9.13. The predicted octanol–water partition coefficient (Wildman–Crippen LogP) is 5.48. The smallest absolute Gasteiger partial charge is 0.237 e. The molecule has 0 saturated carbocycles. The summed E-state index contributed by atoms with van der Waals surface area (Å²) in [6, 6.07) is 23.7. The van der Waals surface area contributed by atoms with Crippen molar-refractivity contribution in [1.82, 2.24) is 20.1 Å². The highest BCUT2D eigenvalue weighted by Crippen LogP contribution is 2.31. The number of aromatic nitrogens is 3. The number of hydrogen-bond donors (Lipinski definition) is 2. The lowest BCUT2D eigenvalue weighted by atomic mass is 10.1. The summed E-state index contributed by atoms with van der Waals surface area (Å²) in [5.41, 5.74) is 4.40. The Kier molecular flexibility index (Phi) is 12.0. The van der Waals surface area contributed by atoms with Gasteiger partial charge in [0.05, 0.1) is 30.1 Å². The van der Waals surface area contributed by atoms with Gasteiger partial charge in [-0.05, 0) is 42.6 Å². The molecule has 1 atom stereocenters. The van der Waals surface area contributed by atoms with Gasteiger partial charge >= 0.3 is 0 Å². The van der Waals surface area contributed by atoms with E-state index >= 15 is 0 Å². The fraction of sp³-hybridized carbons (Fsp3) is 0.250. The van der Waals surface area contributed by atoms with Crippen LogP contribution in [-0.2, 0) is 17.8 Å². The van der Waals surface area contributed by atoms with Crippen LogP contribution >= 0.6 is 0 Å². The number of fused-ring (bicyclic) bond motifs is 1. The SMILES string of the molecule is C#CC(=O)Cn1cc(-c2cnc3c(c2)NC[C@@H](CNCCc2ccc(C#N)cc2)O3)cn1.CC.[HH].[HH].[HH].c1ccccc1. The van der Waals surface area contributed by atoms with Crippen molar-refractivity contribution < 1.29 is 13.8 Å². The van der Waals surface area contributed by atoms with Gasteiger partial charge in [0.25, 0.3) is 0 Å². The van der Waals surface area contributed by atoms with Crippen molar-refractivity contribution in [2.75, 3.05) is 25.0 Å². The van der Waals surface area contributed by atoms with Crippen LogP contribution in [0.15, 0.2) is 85.3 Å². The molecule has 2 aromatic carbocycles. The number of terminal acetylenes is 1. The molecule has 2 aromatic heterocycles. The summed E-state index contributed by atoms with van der Waals surface area (Å²) in [5, 5.41) is 19.8. The largest absolute Gasteiger partial charge is 0.470 e. The van der Waals surface area contributed by atoms with E-state index in [2.05, 4.69) is 32.7 Å². The van der Waals surface area contributed by atoms with E-state index in [0.29, 0.717) is 24.5 Å². The van der Waals surface area contributed by atoms with E-state index < -0.39 is 0 Å². The van der Waals surface area contributed by atoms with Gasteiger partial charge in [0, 0.05) is 34.3 Å². The lowest BCUT2D eigenvalue weighted by Crippen LogP contribution is -2.40. The van der Waals surface area contributed by atoms with Gasteiger partial charge in [0.2, 0.25) is 11.7 Å². The molecule has 3 heterocycles. The van der Waals surface area contributed by atoms with Crippen molar-refractivity contribution in [2.45, 2.75) is 32.9 Å². The molecule has 0 unspecified atom stereocenters. The van der Waals surface area contributed by atoms with Gasteiger partial charge in [-0.15, -0.1) is 6.42 Å². The van der Waals surface area contributed by atoms with Crippen LogP contribution in [0.3, 0.4) is 0 Å². The topological polar surface area (TPSA) is 105 Å². The lowest BCUT2D eigenvalue weighted by Gasteiger charge is -2.27. The number of benzene rings is 2. The van der Waals surface area contributed by atoms with E-state index in [9.17, 15) is 4.79 Å². The summed E-state index contributed by atoms with van der Waals surface area (Å²) >= 11 is 0. The highest BCUT2D eigenvalue weighted by atomic mass is 16.5. The Balaban J connectivity index is 0.00000141. The number of pyridine rings is 1. The van der Waals surface area contributed by atoms with E-state index in [1.807, 2.05) is 80.6 Å². The minimum atomic E-state index is -0.324. The number of carbonyl (C=O) groups excluding carboxylic acids is 1. The fourth-order valence-electron chi connectivity index (χ4n) is 3.79. The molecule has 40 heavy (non-hydrogen) atoms. The molecule has 0 spiro atoms. The van der Waals surface area contributed by atoms with Gasteiger partial charge in [-0.3, -0.25) is 9.48 Å². The van der Waals surface area contributed by atoms with Gasteiger partial charge in [-0.25, -0.2) is 4.98 Å². The zero-order chi connectivity index (χ0) is 28.6. The minimum Gasteiger partial charge on any atom is -0.470 e. The van der Waals surface area contributed by atoms with Gasteiger partial charge in [0.15, 0.2) is 0 Å². The number of Topliss-reactive ketones (excluding diaryl/α,β-unsaturated/α-hetero) is 1. The maximum absolute atomic E-state index is 11.4. The average molecular weight is 541 g/mol. The van der Waals surface area contributed by atoms with Crippen LogP contribution < -0.4 is 15.4 Å². The Morgan fingerprint density at radius 1 is 1.15 bits per heavy atom. The first-order valence-electron chi connectivity index (χ1n) is 13.3. The zero-order valence-corrected chi connectivity index (χ0v) is 22.9. The van der Waals surface area contributed by atoms with Gasteiger partial charge < -0.3 is 15.4 Å². The summed E-state index contributed by atoms with van der Waals surface area (Å²) in [5.74, 6) is 2.32. The monoisotopic (exact) mass is 540 g/mol. The first kappa shape index (κ1) is 29.6. The highest BCUT2D eigenvalue weighted by molar-refractivity contribution is 5.94. The van der Waals surface area contributed by atoms with Crippen LogP contribution in [0.1, 0.15) is 29.3 Å². The molecule has 2 N–H and O–H groups in total. The van der Waals surface area contributed by atoms with Gasteiger partial charge in [0.1, 0.15) is 12.6 Å². The van der Waals surface area contributed by atoms with E-state index in [0.717, 1.165) is 29.8 Å². The van der Waals surface area contributed by atoms with E-state index in [1.165, 1.54) is 10.2 Å². The Hall–Kier alpha value is -4.92. The van der Waals surface area contributed by atoms with Crippen LogP contribution in [0.25, 0.3) is 11.1 Å². The average Bonchev–Trinajstić information content (AvgIpc) is 3.49. The van der Waals surface area contributed by atoms with Crippen LogP contribution in [0.5, 0.6) is 5.88 Å². The van der Waals surface area contributed by atoms with Crippen molar-refractivity contribution >= 4 is 11.5 Å². The molecule has 0 radical (unpaired) electrons. The molecule has 1 aliphatic heterocycles. The second kappa shape index (κ2) is 16.1. The Bertz CT molecular complexity index is 1410. The highest BCUT2D eigenvalue weighted by Gasteiger charge is 2.21. The molecular weight excluding hydrogens is 500 g/mol. The molecule has 0 bridgehead atoms. The molecule has 8 heteroatoms. The number of carbonyl (C=O) groups is 1. The molecule has 210 valence electrons. The van der Waals surface area contributed by atoms with Gasteiger partial charge in [-0.1, -0.05) is 62.4 Å². The Morgan fingerprint density at radius 3 is 2.50 bits per heavy atom. The lowest BCUT2D eigenvalue weighted by molar-refractivity contribution is -0.114. The molecule has 0 amide bonds. The summed E-state index contributed by atoms with van der Waals surface area (Å²) < 4.78 is 7.53. The maximum atomic E-state index is 11.4. The van der Waals surface area contributed by atoms with Crippen LogP contribution in [0, 0.1) is 23.7 Å². The maximum Gasteiger partial charge on any atom is 0.237 e. The summed E-state index contributed by atoms with van der Waals surface area (Å²) in [4.78, 5) is 15.8. The molecule has 5 rings (SSSR count). The number of nitriles is 1. The standard InChI is InChI=1S/C24H22N6O2.C6H6.C2H6.3H2/c1-2-21(31)16-30-15-20(12-29-30)19-9-23-24(28-11-19)32-22(14-27-23)13-26-8-7-17-3-5-18(10-25)6-4-17;1-2-4-6-5-3-1;1-2;;;/h1,3-6,9,11-12,15,22,26-27H,7-8,13-14,16H2;1-6H;1-2H3;3*1H/t22-;;;;;/m1...../s1. The van der Waals surface area contributed by atoms with Crippen molar-refractivity contribution in [2.24, 2.45) is 0 Å². The fourth-order valence-corrected chi connectivity index (χ4v) is 3.79. The van der Waals surface area contributed by atoms with Gasteiger partial charge in [-0.2, -0.15) is 10.4 Å². The molecule has 0 fully saturated rings. The molecule has 1 aliphatic rings. The van der Waals surface area contributed by atoms with Crippen LogP contribution in [-0.4, -0.2) is 46.3 Å². The predicted molar refractivity (Wildman–Crippen MR) is 164 cm³/mol. The van der Waals surface area contributed by atoms with Crippen molar-refractivity contribution in [3.63, 3.8) is 0 Å². The number of ether oxygens (including phenoxy) is 1. The third-order valence-corrected chi connectivity index (χ3v) is 5.79. The second-order valence-corrected chi connectivity index (χ2v) is 8.61. The molecule has 0 aliphatic carbocycles. The third-order valence-electron chi connectivity index (χ3n) is 5.79. The molecule has 0 saturated heterocycles. The van der Waals surface area contributed by atoms with Crippen molar-refractivity contribution in [1.29, 1.82) is 5.26 Å². The number of nitrogens with one attached hydrogen (secondary N) is 2. The Morgan fingerprint density at radius 2 is 1.85 bits per heavy atom. The number of rotatable bonds is 8. The summed E-state index contributed by atoms with van der Waals surface area (Å²) in [6.45, 7) is 6.23. The molecule has 8 nitrogen and oxygen atoms in total.